The van der Waals surface area contributed by atoms with E-state index < -0.39 is 0 Å². The van der Waals surface area contributed by atoms with Crippen LogP contribution in [0.15, 0.2) is 160 Å². The van der Waals surface area contributed by atoms with Gasteiger partial charge in [0.25, 0.3) is 0 Å². The van der Waals surface area contributed by atoms with Gasteiger partial charge in [-0.3, -0.25) is 0 Å². The predicted octanol–water partition coefficient (Wildman–Crippen LogP) is 12.8. The first-order valence-electron chi connectivity index (χ1n) is 17.8. The zero-order valence-electron chi connectivity index (χ0n) is 29.0. The molecular formula is C48H25N5O2. The summed E-state index contributed by atoms with van der Waals surface area (Å²) in [5.41, 5.74) is 9.64. The minimum atomic E-state index is 0.325. The normalized spacial score (nSPS) is 11.6. The minimum Gasteiger partial charge on any atom is -0.456 e. The molecule has 4 heterocycles. The molecule has 11 rings (SSSR count). The fourth-order valence-electron chi connectivity index (χ4n) is 8.13. The second-order valence-corrected chi connectivity index (χ2v) is 13.5. The second kappa shape index (κ2) is 11.8. The molecule has 0 saturated carbocycles. The highest BCUT2D eigenvalue weighted by molar-refractivity contribution is 6.24. The average Bonchev–Trinajstić information content (AvgIpc) is 3.93. The van der Waals surface area contributed by atoms with Gasteiger partial charge in [0, 0.05) is 38.1 Å². The van der Waals surface area contributed by atoms with Crippen molar-refractivity contribution in [2.45, 2.75) is 0 Å². The number of hydrogen-bond donors (Lipinski definition) is 0. The van der Waals surface area contributed by atoms with E-state index >= 15 is 0 Å². The molecule has 7 aromatic carbocycles. The van der Waals surface area contributed by atoms with E-state index in [0.717, 1.165) is 76.8 Å². The first kappa shape index (κ1) is 30.6. The lowest BCUT2D eigenvalue weighted by Crippen LogP contribution is -2.02. The number of fused-ring (bicyclic) bond motifs is 10. The Morgan fingerprint density at radius 3 is 1.95 bits per heavy atom. The van der Waals surface area contributed by atoms with E-state index in [9.17, 15) is 5.26 Å². The van der Waals surface area contributed by atoms with Crippen molar-refractivity contribution in [2.24, 2.45) is 0 Å². The third-order valence-corrected chi connectivity index (χ3v) is 10.5. The Hall–Kier alpha value is -8.00. The number of aromatic nitrogens is 3. The number of benzene rings is 7. The van der Waals surface area contributed by atoms with Gasteiger partial charge in [-0.2, -0.15) is 5.26 Å². The van der Waals surface area contributed by atoms with Crippen LogP contribution in [0, 0.1) is 17.9 Å². The van der Waals surface area contributed by atoms with E-state index in [1.807, 2.05) is 127 Å². The zero-order chi connectivity index (χ0) is 36.6. The van der Waals surface area contributed by atoms with Crippen molar-refractivity contribution in [3.63, 3.8) is 0 Å². The van der Waals surface area contributed by atoms with Gasteiger partial charge >= 0.3 is 0 Å². The van der Waals surface area contributed by atoms with Crippen LogP contribution in [0.2, 0.25) is 0 Å². The van der Waals surface area contributed by atoms with E-state index in [4.69, 9.17) is 25.4 Å². The highest BCUT2D eigenvalue weighted by atomic mass is 16.3. The molecule has 0 aliphatic carbocycles. The van der Waals surface area contributed by atoms with Crippen molar-refractivity contribution in [3.05, 3.63) is 169 Å². The van der Waals surface area contributed by atoms with Crippen LogP contribution in [0.5, 0.6) is 0 Å². The van der Waals surface area contributed by atoms with E-state index in [1.54, 1.807) is 0 Å². The first-order chi connectivity index (χ1) is 27.2. The predicted molar refractivity (Wildman–Crippen MR) is 218 cm³/mol. The van der Waals surface area contributed by atoms with Gasteiger partial charge in [-0.05, 0) is 54.1 Å². The smallest absolute Gasteiger partial charge is 0.211 e. The SMILES string of the molecule is [C-]#[N+]c1cc(-c2nc(-c3cccc4oc5ccccc5c34)nc(-c3ccccc3)c2C#N)ccc1-n1c2ccccc2c2ccc3oc4ccccc4c3c21. The Balaban J connectivity index is 1.19. The molecule has 0 fully saturated rings. The Morgan fingerprint density at radius 1 is 0.564 bits per heavy atom. The molecule has 0 radical (unpaired) electrons. The van der Waals surface area contributed by atoms with Gasteiger partial charge in [0.2, 0.25) is 5.69 Å². The van der Waals surface area contributed by atoms with Gasteiger partial charge in [0.1, 0.15) is 34.0 Å². The molecule has 0 saturated heterocycles. The maximum atomic E-state index is 10.8. The molecule has 7 nitrogen and oxygen atoms in total. The zero-order valence-corrected chi connectivity index (χ0v) is 29.0. The van der Waals surface area contributed by atoms with Gasteiger partial charge < -0.3 is 13.4 Å². The molecular weight excluding hydrogens is 679 g/mol. The Labute approximate surface area is 313 Å². The number of hydrogen-bond acceptors (Lipinski definition) is 5. The van der Waals surface area contributed by atoms with Gasteiger partial charge in [-0.25, -0.2) is 14.8 Å². The molecule has 0 amide bonds. The molecule has 0 bridgehead atoms. The average molecular weight is 704 g/mol. The van der Waals surface area contributed by atoms with Crippen LogP contribution in [-0.4, -0.2) is 14.5 Å². The summed E-state index contributed by atoms with van der Waals surface area (Å²) in [4.78, 5) is 14.3. The van der Waals surface area contributed by atoms with Gasteiger partial charge in [-0.1, -0.05) is 103 Å². The molecule has 0 spiro atoms. The monoisotopic (exact) mass is 703 g/mol. The van der Waals surface area contributed by atoms with Gasteiger partial charge in [0.05, 0.1) is 40.1 Å². The van der Waals surface area contributed by atoms with Crippen molar-refractivity contribution >= 4 is 71.4 Å². The molecule has 0 atom stereocenters. The van der Waals surface area contributed by atoms with Crippen molar-refractivity contribution in [1.29, 1.82) is 5.26 Å². The van der Waals surface area contributed by atoms with Crippen molar-refractivity contribution in [3.8, 4) is 45.7 Å². The van der Waals surface area contributed by atoms with Crippen molar-refractivity contribution in [1.82, 2.24) is 14.5 Å². The fraction of sp³-hybridized carbons (Fsp3) is 0. The molecule has 0 unspecified atom stereocenters. The molecule has 4 aromatic heterocycles. The van der Waals surface area contributed by atoms with Gasteiger partial charge in [-0.15, -0.1) is 0 Å². The molecule has 0 aliphatic heterocycles. The molecule has 7 heteroatoms. The summed E-state index contributed by atoms with van der Waals surface area (Å²) in [5, 5.41) is 16.8. The Kier molecular flexibility index (Phi) is 6.54. The third kappa shape index (κ3) is 4.48. The maximum Gasteiger partial charge on any atom is 0.211 e. The minimum absolute atomic E-state index is 0.325. The molecule has 0 N–H and O–H groups in total. The molecule has 0 aliphatic rings. The summed E-state index contributed by atoms with van der Waals surface area (Å²) < 4.78 is 14.7. The lowest BCUT2D eigenvalue weighted by molar-refractivity contribution is 0.668. The lowest BCUT2D eigenvalue weighted by Gasteiger charge is -2.15. The number of nitrogens with zero attached hydrogens (tertiary/aromatic N) is 5. The third-order valence-electron chi connectivity index (χ3n) is 10.5. The summed E-state index contributed by atoms with van der Waals surface area (Å²) >= 11 is 0. The highest BCUT2D eigenvalue weighted by Gasteiger charge is 2.24. The molecule has 254 valence electrons. The van der Waals surface area contributed by atoms with Crippen LogP contribution >= 0.6 is 0 Å². The number of furan rings is 2. The quantitative estimate of drug-likeness (QED) is 0.170. The Bertz CT molecular complexity index is 3470. The summed E-state index contributed by atoms with van der Waals surface area (Å²) in [7, 11) is 0. The molecule has 11 aromatic rings. The maximum absolute atomic E-state index is 10.8. The summed E-state index contributed by atoms with van der Waals surface area (Å²) in [6.07, 6.45) is 0. The Morgan fingerprint density at radius 2 is 1.20 bits per heavy atom. The highest BCUT2D eigenvalue weighted by Crippen LogP contribution is 2.44. The summed E-state index contributed by atoms with van der Waals surface area (Å²) in [6, 6.07) is 52.1. The fourth-order valence-corrected chi connectivity index (χ4v) is 8.13. The summed E-state index contributed by atoms with van der Waals surface area (Å²) in [5.74, 6) is 0.454. The topological polar surface area (TPSA) is 85.1 Å². The van der Waals surface area contributed by atoms with Crippen molar-refractivity contribution in [2.75, 3.05) is 0 Å². The number of para-hydroxylation sites is 3. The van der Waals surface area contributed by atoms with Crippen LogP contribution < -0.4 is 0 Å². The van der Waals surface area contributed by atoms with E-state index in [0.29, 0.717) is 39.7 Å². The van der Waals surface area contributed by atoms with Gasteiger partial charge in [0.15, 0.2) is 5.82 Å². The van der Waals surface area contributed by atoms with E-state index in [2.05, 4.69) is 39.7 Å². The second-order valence-electron chi connectivity index (χ2n) is 13.5. The van der Waals surface area contributed by atoms with Crippen molar-refractivity contribution < 1.29 is 8.83 Å². The molecule has 55 heavy (non-hydrogen) atoms. The largest absolute Gasteiger partial charge is 0.456 e. The standard InChI is InChI=1S/C48H25N5O2/c1-50-36-26-29(22-24-38(36)53-37-18-8-5-14-30(37)31-23-25-42-44(47(31)53)33-16-7-10-20-40(33)55-42)46-35(27-49)45(28-12-3-2-4-13-28)51-48(52-46)34-17-11-21-41-43(34)32-15-6-9-19-39(32)54-41/h2-26H. The van der Waals surface area contributed by atoms with E-state index in [1.165, 1.54) is 0 Å². The van der Waals surface area contributed by atoms with Crippen LogP contribution in [-0.2, 0) is 0 Å². The summed E-state index contributed by atoms with van der Waals surface area (Å²) in [6.45, 7) is 8.51. The van der Waals surface area contributed by atoms with Crippen LogP contribution in [0.1, 0.15) is 5.56 Å². The lowest BCUT2D eigenvalue weighted by atomic mass is 9.98. The van der Waals surface area contributed by atoms with Crippen LogP contribution in [0.25, 0.3) is 110 Å². The first-order valence-corrected chi connectivity index (χ1v) is 17.8. The number of rotatable bonds is 4. The number of nitriles is 1. The van der Waals surface area contributed by atoms with E-state index in [-0.39, 0.29) is 0 Å². The van der Waals surface area contributed by atoms with Crippen LogP contribution in [0.3, 0.4) is 0 Å². The van der Waals surface area contributed by atoms with Crippen LogP contribution in [0.4, 0.5) is 5.69 Å².